The molecule has 1 aromatic carbocycles. The van der Waals surface area contributed by atoms with Crippen LogP contribution in [-0.2, 0) is 0 Å². The van der Waals surface area contributed by atoms with E-state index in [2.05, 4.69) is 5.10 Å². The minimum absolute atomic E-state index is 0.0353. The van der Waals surface area contributed by atoms with Gasteiger partial charge in [-0.15, -0.1) is 0 Å². The SMILES string of the molecule is CN(N=C(C#N)C#N)c1ccc([N+](=O)[O-])cc1. The lowest BCUT2D eigenvalue weighted by Gasteiger charge is -2.11. The van der Waals surface area contributed by atoms with Crippen LogP contribution < -0.4 is 5.01 Å². The molecule has 7 nitrogen and oxygen atoms in total. The molecule has 84 valence electrons. The summed E-state index contributed by atoms with van der Waals surface area (Å²) in [5, 5.41) is 32.5. The molecule has 0 aliphatic rings. The highest BCUT2D eigenvalue weighted by Gasteiger charge is 2.06. The molecular weight excluding hydrogens is 222 g/mol. The second kappa shape index (κ2) is 5.24. The van der Waals surface area contributed by atoms with Gasteiger partial charge in [0.05, 0.1) is 10.6 Å². The Bertz CT molecular complexity index is 519. The van der Waals surface area contributed by atoms with Crippen molar-refractivity contribution >= 4 is 17.1 Å². The number of rotatable bonds is 3. The van der Waals surface area contributed by atoms with Crippen LogP contribution in [-0.4, -0.2) is 17.7 Å². The molecule has 0 aliphatic heterocycles. The summed E-state index contributed by atoms with van der Waals surface area (Å²) >= 11 is 0. The zero-order chi connectivity index (χ0) is 12.8. The van der Waals surface area contributed by atoms with E-state index in [9.17, 15) is 10.1 Å². The molecular formula is C10H7N5O2. The summed E-state index contributed by atoms with van der Waals surface area (Å²) in [6.07, 6.45) is 0. The number of hydrogen-bond donors (Lipinski definition) is 0. The molecule has 0 N–H and O–H groups in total. The Balaban J connectivity index is 2.96. The zero-order valence-electron chi connectivity index (χ0n) is 8.86. The first-order chi connectivity index (χ1) is 8.08. The van der Waals surface area contributed by atoms with Crippen LogP contribution in [0, 0.1) is 32.8 Å². The Morgan fingerprint density at radius 3 is 2.29 bits per heavy atom. The summed E-state index contributed by atoms with van der Waals surface area (Å²) in [7, 11) is 1.54. The number of nitrogens with zero attached hydrogens (tertiary/aromatic N) is 5. The highest BCUT2D eigenvalue weighted by Crippen LogP contribution is 2.18. The van der Waals surface area contributed by atoms with E-state index < -0.39 is 4.92 Å². The van der Waals surface area contributed by atoms with Gasteiger partial charge in [0.1, 0.15) is 12.1 Å². The maximum atomic E-state index is 10.4. The van der Waals surface area contributed by atoms with Gasteiger partial charge in [-0.3, -0.25) is 15.1 Å². The first kappa shape index (κ1) is 12.1. The van der Waals surface area contributed by atoms with Gasteiger partial charge in [-0.05, 0) is 12.1 Å². The monoisotopic (exact) mass is 229 g/mol. The summed E-state index contributed by atoms with van der Waals surface area (Å²) in [5.41, 5.74) is 0.219. The molecule has 0 amide bonds. The number of hydrazone groups is 1. The number of nitriles is 2. The molecule has 0 spiro atoms. The predicted molar refractivity (Wildman–Crippen MR) is 60.2 cm³/mol. The molecule has 0 radical (unpaired) electrons. The highest BCUT2D eigenvalue weighted by atomic mass is 16.6. The smallest absolute Gasteiger partial charge is 0.267 e. The van der Waals surface area contributed by atoms with Crippen LogP contribution in [0.5, 0.6) is 0 Å². The van der Waals surface area contributed by atoms with E-state index in [4.69, 9.17) is 10.5 Å². The molecule has 1 rings (SSSR count). The number of non-ortho nitro benzene ring substituents is 1. The molecule has 1 aromatic rings. The lowest BCUT2D eigenvalue weighted by Crippen LogP contribution is -2.11. The average molecular weight is 229 g/mol. The third-order valence-corrected chi connectivity index (χ3v) is 1.90. The van der Waals surface area contributed by atoms with Crippen molar-refractivity contribution in [2.24, 2.45) is 5.10 Å². The van der Waals surface area contributed by atoms with Crippen LogP contribution in [0.25, 0.3) is 0 Å². The molecule has 0 heterocycles. The summed E-state index contributed by atoms with van der Waals surface area (Å²) in [6.45, 7) is 0. The largest absolute Gasteiger partial charge is 0.269 e. The van der Waals surface area contributed by atoms with Gasteiger partial charge in [-0.25, -0.2) is 0 Å². The maximum Gasteiger partial charge on any atom is 0.269 e. The third-order valence-electron chi connectivity index (χ3n) is 1.90. The van der Waals surface area contributed by atoms with E-state index in [1.54, 1.807) is 12.1 Å². The van der Waals surface area contributed by atoms with E-state index >= 15 is 0 Å². The molecule has 0 bridgehead atoms. The molecule has 0 aromatic heterocycles. The molecule has 0 saturated carbocycles. The van der Waals surface area contributed by atoms with Crippen molar-refractivity contribution < 1.29 is 4.92 Å². The van der Waals surface area contributed by atoms with Crippen LogP contribution in [0.15, 0.2) is 29.4 Å². The summed E-state index contributed by atoms with van der Waals surface area (Å²) in [5.74, 6) is 0. The van der Waals surface area contributed by atoms with Crippen molar-refractivity contribution in [3.63, 3.8) is 0 Å². The molecule has 0 unspecified atom stereocenters. The predicted octanol–water partition coefficient (Wildman–Crippen LogP) is 1.43. The van der Waals surface area contributed by atoms with E-state index in [0.29, 0.717) is 5.69 Å². The Morgan fingerprint density at radius 1 is 1.35 bits per heavy atom. The van der Waals surface area contributed by atoms with E-state index in [1.165, 1.54) is 36.3 Å². The maximum absolute atomic E-state index is 10.4. The van der Waals surface area contributed by atoms with Gasteiger partial charge < -0.3 is 0 Å². The van der Waals surface area contributed by atoms with Crippen molar-refractivity contribution in [2.45, 2.75) is 0 Å². The number of anilines is 1. The van der Waals surface area contributed by atoms with Crippen LogP contribution >= 0.6 is 0 Å². The Morgan fingerprint density at radius 2 is 1.88 bits per heavy atom. The van der Waals surface area contributed by atoms with Crippen LogP contribution in [0.2, 0.25) is 0 Å². The molecule has 7 heteroatoms. The van der Waals surface area contributed by atoms with Crippen molar-refractivity contribution in [3.8, 4) is 12.1 Å². The van der Waals surface area contributed by atoms with Gasteiger partial charge in [0.25, 0.3) is 5.69 Å². The summed E-state index contributed by atoms with van der Waals surface area (Å²) in [6, 6.07) is 8.84. The lowest BCUT2D eigenvalue weighted by molar-refractivity contribution is -0.384. The fourth-order valence-electron chi connectivity index (χ4n) is 1.07. The van der Waals surface area contributed by atoms with Gasteiger partial charge in [-0.1, -0.05) is 0 Å². The summed E-state index contributed by atoms with van der Waals surface area (Å²) in [4.78, 5) is 9.92. The van der Waals surface area contributed by atoms with E-state index in [0.717, 1.165) is 0 Å². The minimum Gasteiger partial charge on any atom is -0.267 e. The first-order valence-corrected chi connectivity index (χ1v) is 4.45. The topological polar surface area (TPSA) is 106 Å². The first-order valence-electron chi connectivity index (χ1n) is 4.45. The molecule has 0 atom stereocenters. The second-order valence-corrected chi connectivity index (χ2v) is 2.97. The zero-order valence-corrected chi connectivity index (χ0v) is 8.86. The Hall–Kier alpha value is -2.93. The number of benzene rings is 1. The highest BCUT2D eigenvalue weighted by molar-refractivity contribution is 6.10. The quantitative estimate of drug-likeness (QED) is 0.442. The Kier molecular flexibility index (Phi) is 3.74. The molecule has 0 fully saturated rings. The summed E-state index contributed by atoms with van der Waals surface area (Å²) < 4.78 is 0. The van der Waals surface area contributed by atoms with Gasteiger partial charge >= 0.3 is 0 Å². The molecule has 0 saturated heterocycles. The van der Waals surface area contributed by atoms with Crippen molar-refractivity contribution in [1.29, 1.82) is 10.5 Å². The molecule has 17 heavy (non-hydrogen) atoms. The van der Waals surface area contributed by atoms with Gasteiger partial charge in [-0.2, -0.15) is 15.6 Å². The average Bonchev–Trinajstić information content (AvgIpc) is 2.35. The second-order valence-electron chi connectivity index (χ2n) is 2.97. The van der Waals surface area contributed by atoms with Gasteiger partial charge in [0.15, 0.2) is 0 Å². The number of hydrogen-bond acceptors (Lipinski definition) is 6. The van der Waals surface area contributed by atoms with Crippen LogP contribution in [0.4, 0.5) is 11.4 Å². The van der Waals surface area contributed by atoms with E-state index in [1.807, 2.05) is 0 Å². The fourth-order valence-corrected chi connectivity index (χ4v) is 1.07. The minimum atomic E-state index is -0.511. The number of nitro benzene ring substituents is 1. The van der Waals surface area contributed by atoms with Crippen molar-refractivity contribution in [3.05, 3.63) is 34.4 Å². The van der Waals surface area contributed by atoms with Crippen LogP contribution in [0.1, 0.15) is 0 Å². The fraction of sp³-hybridized carbons (Fsp3) is 0.100. The van der Waals surface area contributed by atoms with Gasteiger partial charge in [0, 0.05) is 19.2 Å². The van der Waals surface area contributed by atoms with E-state index in [-0.39, 0.29) is 11.4 Å². The van der Waals surface area contributed by atoms with Crippen LogP contribution in [0.3, 0.4) is 0 Å². The number of nitro groups is 1. The molecule has 0 aliphatic carbocycles. The Labute approximate surface area is 97.0 Å². The van der Waals surface area contributed by atoms with Gasteiger partial charge in [0.2, 0.25) is 5.71 Å². The standard InChI is InChI=1S/C10H7N5O2/c1-14(13-8(6-11)7-12)9-2-4-10(5-3-9)15(16)17/h2-5H,1H3. The lowest BCUT2D eigenvalue weighted by atomic mass is 10.3. The normalized spacial score (nSPS) is 8.65. The third kappa shape index (κ3) is 3.01. The van der Waals surface area contributed by atoms with Crippen molar-refractivity contribution in [2.75, 3.05) is 12.1 Å². The van der Waals surface area contributed by atoms with Crippen molar-refractivity contribution in [1.82, 2.24) is 0 Å².